The highest BCUT2D eigenvalue weighted by molar-refractivity contribution is 5.97. The number of nitrogens with two attached hydrogens (primary N) is 1. The number of nitrogens with one attached hydrogen (secondary N) is 1. The molecule has 1 atom stereocenters. The molecule has 1 aliphatic heterocycles. The Kier molecular flexibility index (Phi) is 4.15. The predicted molar refractivity (Wildman–Crippen MR) is 72.4 cm³/mol. The number of benzene rings is 1. The average molecular weight is 231 g/mol. The van der Waals surface area contributed by atoms with E-state index in [0.29, 0.717) is 11.9 Å². The minimum atomic E-state index is 0.342. The molecular weight excluding hydrogens is 210 g/mol. The zero-order chi connectivity index (χ0) is 12.1. The topological polar surface area (TPSA) is 50.4 Å². The van der Waals surface area contributed by atoms with Crippen molar-refractivity contribution in [3.8, 4) is 0 Å². The maximum Gasteiger partial charge on any atom is 0.125 e. The molecule has 0 radical (unpaired) electrons. The van der Waals surface area contributed by atoms with E-state index in [0.717, 1.165) is 31.5 Å². The minimum absolute atomic E-state index is 0.342. The van der Waals surface area contributed by atoms with Gasteiger partial charge in [0.2, 0.25) is 0 Å². The van der Waals surface area contributed by atoms with Gasteiger partial charge >= 0.3 is 0 Å². The summed E-state index contributed by atoms with van der Waals surface area (Å²) in [5, 5.41) is 3.35. The van der Waals surface area contributed by atoms with Crippen LogP contribution in [-0.4, -0.2) is 25.0 Å². The van der Waals surface area contributed by atoms with E-state index in [-0.39, 0.29) is 0 Å². The summed E-state index contributed by atoms with van der Waals surface area (Å²) in [4.78, 5) is 4.59. The molecule has 1 fully saturated rings. The SMILES string of the molecule is CCc1ccc(C(N)=NC2CCCNC2)cc1. The van der Waals surface area contributed by atoms with Crippen molar-refractivity contribution in [1.29, 1.82) is 0 Å². The summed E-state index contributed by atoms with van der Waals surface area (Å²) in [6, 6.07) is 8.71. The number of aliphatic imine (C=N–C) groups is 1. The van der Waals surface area contributed by atoms with Gasteiger partial charge in [0.15, 0.2) is 0 Å². The van der Waals surface area contributed by atoms with Crippen molar-refractivity contribution in [1.82, 2.24) is 5.32 Å². The van der Waals surface area contributed by atoms with Crippen molar-refractivity contribution in [3.63, 3.8) is 0 Å². The van der Waals surface area contributed by atoms with Crippen LogP contribution in [0.15, 0.2) is 29.3 Å². The Hall–Kier alpha value is -1.35. The van der Waals surface area contributed by atoms with Gasteiger partial charge in [0, 0.05) is 12.1 Å². The van der Waals surface area contributed by atoms with Crippen LogP contribution in [0.25, 0.3) is 0 Å². The quantitative estimate of drug-likeness (QED) is 0.614. The van der Waals surface area contributed by atoms with E-state index in [4.69, 9.17) is 5.73 Å². The summed E-state index contributed by atoms with van der Waals surface area (Å²) in [5.74, 6) is 0.668. The summed E-state index contributed by atoms with van der Waals surface area (Å²) in [5.41, 5.74) is 8.41. The van der Waals surface area contributed by atoms with Gasteiger partial charge in [0.05, 0.1) is 6.04 Å². The molecule has 3 N–H and O–H groups in total. The molecule has 0 saturated carbocycles. The lowest BCUT2D eigenvalue weighted by atomic mass is 10.1. The number of hydrogen-bond acceptors (Lipinski definition) is 2. The second-order valence-corrected chi connectivity index (χ2v) is 4.56. The lowest BCUT2D eigenvalue weighted by molar-refractivity contribution is 0.461. The molecule has 0 amide bonds. The third kappa shape index (κ3) is 3.30. The molecule has 17 heavy (non-hydrogen) atoms. The molecule has 1 aromatic rings. The molecular formula is C14H21N3. The molecule has 1 heterocycles. The van der Waals surface area contributed by atoms with Gasteiger partial charge in [-0.1, -0.05) is 31.2 Å². The van der Waals surface area contributed by atoms with Crippen molar-refractivity contribution >= 4 is 5.84 Å². The number of rotatable bonds is 3. The van der Waals surface area contributed by atoms with Crippen LogP contribution in [0.3, 0.4) is 0 Å². The monoisotopic (exact) mass is 231 g/mol. The number of nitrogens with zero attached hydrogens (tertiary/aromatic N) is 1. The van der Waals surface area contributed by atoms with Crippen molar-refractivity contribution in [2.24, 2.45) is 10.7 Å². The minimum Gasteiger partial charge on any atom is -0.383 e. The number of amidine groups is 1. The molecule has 1 aromatic carbocycles. The zero-order valence-corrected chi connectivity index (χ0v) is 10.4. The molecule has 2 rings (SSSR count). The van der Waals surface area contributed by atoms with Crippen molar-refractivity contribution in [2.45, 2.75) is 32.2 Å². The Morgan fingerprint density at radius 1 is 1.41 bits per heavy atom. The highest BCUT2D eigenvalue weighted by atomic mass is 15.0. The molecule has 92 valence electrons. The highest BCUT2D eigenvalue weighted by Crippen LogP contribution is 2.09. The Morgan fingerprint density at radius 3 is 2.76 bits per heavy atom. The van der Waals surface area contributed by atoms with Crippen LogP contribution in [0.2, 0.25) is 0 Å². The van der Waals surface area contributed by atoms with Crippen LogP contribution in [0.4, 0.5) is 0 Å². The van der Waals surface area contributed by atoms with Crippen molar-refractivity contribution in [3.05, 3.63) is 35.4 Å². The number of hydrogen-bond donors (Lipinski definition) is 2. The average Bonchev–Trinajstić information content (AvgIpc) is 2.40. The molecule has 0 aliphatic carbocycles. The summed E-state index contributed by atoms with van der Waals surface area (Å²) >= 11 is 0. The van der Waals surface area contributed by atoms with Crippen LogP contribution in [0, 0.1) is 0 Å². The lowest BCUT2D eigenvalue weighted by Gasteiger charge is -2.19. The van der Waals surface area contributed by atoms with Crippen LogP contribution in [0.5, 0.6) is 0 Å². The van der Waals surface area contributed by atoms with Gasteiger partial charge in [-0.15, -0.1) is 0 Å². The molecule has 3 heteroatoms. The fourth-order valence-corrected chi connectivity index (χ4v) is 2.13. The fraction of sp³-hybridized carbons (Fsp3) is 0.500. The van der Waals surface area contributed by atoms with Crippen LogP contribution in [-0.2, 0) is 6.42 Å². The van der Waals surface area contributed by atoms with Gasteiger partial charge in [0.1, 0.15) is 5.84 Å². The first-order chi connectivity index (χ1) is 8.29. The smallest absolute Gasteiger partial charge is 0.125 e. The van der Waals surface area contributed by atoms with Crippen LogP contribution in [0.1, 0.15) is 30.9 Å². The molecule has 0 aromatic heterocycles. The summed E-state index contributed by atoms with van der Waals surface area (Å²) < 4.78 is 0. The third-order valence-electron chi connectivity index (χ3n) is 3.25. The van der Waals surface area contributed by atoms with Gasteiger partial charge in [-0.2, -0.15) is 0 Å². The van der Waals surface area contributed by atoms with E-state index >= 15 is 0 Å². The van der Waals surface area contributed by atoms with E-state index in [1.54, 1.807) is 0 Å². The standard InChI is InChI=1S/C14H21N3/c1-2-11-5-7-12(8-6-11)14(15)17-13-4-3-9-16-10-13/h5-8,13,16H,2-4,9-10H2,1H3,(H2,15,17). The van der Waals surface area contributed by atoms with Gasteiger partial charge in [-0.05, 0) is 31.4 Å². The van der Waals surface area contributed by atoms with Gasteiger partial charge in [-0.25, -0.2) is 0 Å². The van der Waals surface area contributed by atoms with E-state index in [9.17, 15) is 0 Å². The van der Waals surface area contributed by atoms with Gasteiger partial charge in [0.25, 0.3) is 0 Å². The second-order valence-electron chi connectivity index (χ2n) is 4.56. The van der Waals surface area contributed by atoms with E-state index in [2.05, 4.69) is 41.5 Å². The van der Waals surface area contributed by atoms with E-state index < -0.39 is 0 Å². The fourth-order valence-electron chi connectivity index (χ4n) is 2.13. The second kappa shape index (κ2) is 5.82. The molecule has 0 bridgehead atoms. The Morgan fingerprint density at radius 2 is 2.18 bits per heavy atom. The maximum absolute atomic E-state index is 6.04. The Balaban J connectivity index is 2.06. The molecule has 1 aliphatic rings. The maximum atomic E-state index is 6.04. The van der Waals surface area contributed by atoms with E-state index in [1.807, 2.05) is 0 Å². The molecule has 1 saturated heterocycles. The summed E-state index contributed by atoms with van der Waals surface area (Å²) in [7, 11) is 0. The lowest BCUT2D eigenvalue weighted by Crippen LogP contribution is -2.34. The highest BCUT2D eigenvalue weighted by Gasteiger charge is 2.12. The number of aryl methyl sites for hydroxylation is 1. The van der Waals surface area contributed by atoms with Gasteiger partial charge < -0.3 is 11.1 Å². The normalized spacial score (nSPS) is 21.5. The van der Waals surface area contributed by atoms with Crippen molar-refractivity contribution in [2.75, 3.05) is 13.1 Å². The Labute approximate surface area is 103 Å². The first-order valence-corrected chi connectivity index (χ1v) is 6.43. The largest absolute Gasteiger partial charge is 0.383 e. The van der Waals surface area contributed by atoms with E-state index in [1.165, 1.54) is 12.0 Å². The summed E-state index contributed by atoms with van der Waals surface area (Å²) in [6.45, 7) is 4.21. The third-order valence-corrected chi connectivity index (χ3v) is 3.25. The molecule has 0 spiro atoms. The first kappa shape index (κ1) is 12.1. The summed E-state index contributed by atoms with van der Waals surface area (Å²) in [6.07, 6.45) is 3.39. The van der Waals surface area contributed by atoms with Crippen LogP contribution < -0.4 is 11.1 Å². The van der Waals surface area contributed by atoms with Gasteiger partial charge in [-0.3, -0.25) is 4.99 Å². The first-order valence-electron chi connectivity index (χ1n) is 6.43. The van der Waals surface area contributed by atoms with Crippen LogP contribution >= 0.6 is 0 Å². The number of piperidine rings is 1. The zero-order valence-electron chi connectivity index (χ0n) is 10.4. The van der Waals surface area contributed by atoms with Crippen molar-refractivity contribution < 1.29 is 0 Å². The molecule has 1 unspecified atom stereocenters. The Bertz CT molecular complexity index is 375. The predicted octanol–water partition coefficient (Wildman–Crippen LogP) is 1.71. The molecule has 3 nitrogen and oxygen atoms in total.